The summed E-state index contributed by atoms with van der Waals surface area (Å²) in [5.74, 6) is -0.899. The maximum Gasteiger partial charge on any atom is 0.171 e. The van der Waals surface area contributed by atoms with Gasteiger partial charge in [-0.05, 0) is 42.3 Å². The van der Waals surface area contributed by atoms with Crippen molar-refractivity contribution in [1.29, 1.82) is 0 Å². The van der Waals surface area contributed by atoms with Gasteiger partial charge in [-0.2, -0.15) is 0 Å². The van der Waals surface area contributed by atoms with Gasteiger partial charge in [0.15, 0.2) is 5.11 Å². The topological polar surface area (TPSA) is 24.1 Å². The van der Waals surface area contributed by atoms with Crippen LogP contribution in [0.4, 0.5) is 14.5 Å². The molecule has 0 bridgehead atoms. The van der Waals surface area contributed by atoms with E-state index in [0.717, 1.165) is 12.0 Å². The van der Waals surface area contributed by atoms with Gasteiger partial charge in [-0.3, -0.25) is 0 Å². The predicted octanol–water partition coefficient (Wildman–Crippen LogP) is 5.04. The van der Waals surface area contributed by atoms with Crippen LogP contribution in [0.25, 0.3) is 0 Å². The summed E-state index contributed by atoms with van der Waals surface area (Å²) in [5.41, 5.74) is 0.848. The molecule has 0 spiro atoms. The highest BCUT2D eigenvalue weighted by molar-refractivity contribution is 7.80. The van der Waals surface area contributed by atoms with Crippen molar-refractivity contribution in [3.63, 3.8) is 0 Å². The lowest BCUT2D eigenvalue weighted by Crippen LogP contribution is -2.33. The molecule has 0 saturated heterocycles. The molecule has 0 aliphatic carbocycles. The van der Waals surface area contributed by atoms with E-state index in [1.807, 2.05) is 30.3 Å². The maximum absolute atomic E-state index is 13.7. The molecule has 0 heterocycles. The number of anilines is 1. The highest BCUT2D eigenvalue weighted by Crippen LogP contribution is 2.22. The molecule has 2 rings (SSSR count). The minimum Gasteiger partial charge on any atom is -0.356 e. The van der Waals surface area contributed by atoms with E-state index in [1.165, 1.54) is 18.2 Å². The average molecular weight is 334 g/mol. The van der Waals surface area contributed by atoms with E-state index in [4.69, 9.17) is 12.2 Å². The van der Waals surface area contributed by atoms with Gasteiger partial charge >= 0.3 is 0 Å². The fourth-order valence-electron chi connectivity index (χ4n) is 2.36. The Kier molecular flexibility index (Phi) is 6.04. The third-order valence-corrected chi connectivity index (χ3v) is 3.64. The lowest BCUT2D eigenvalue weighted by molar-refractivity contribution is 0.480. The van der Waals surface area contributed by atoms with Crippen molar-refractivity contribution < 1.29 is 8.78 Å². The standard InChI is InChI=1S/C18H20F2N2S/c1-12(2)11-16(13-7-4-3-5-8-13)21-18(23)22-17-14(19)9-6-10-15(17)20/h3-10,12,16H,11H2,1-2H3,(H2,21,22,23)/t16-/m0/s1. The molecule has 5 heteroatoms. The smallest absolute Gasteiger partial charge is 0.171 e. The van der Waals surface area contributed by atoms with E-state index in [0.29, 0.717) is 5.92 Å². The van der Waals surface area contributed by atoms with Gasteiger partial charge in [-0.1, -0.05) is 50.2 Å². The van der Waals surface area contributed by atoms with Crippen LogP contribution in [0.5, 0.6) is 0 Å². The van der Waals surface area contributed by atoms with Crippen molar-refractivity contribution in [2.24, 2.45) is 5.92 Å². The summed E-state index contributed by atoms with van der Waals surface area (Å²) in [5, 5.41) is 5.97. The van der Waals surface area contributed by atoms with E-state index < -0.39 is 11.6 Å². The van der Waals surface area contributed by atoms with Crippen LogP contribution in [0, 0.1) is 17.6 Å². The second-order valence-electron chi connectivity index (χ2n) is 5.79. The van der Waals surface area contributed by atoms with Crippen LogP contribution in [-0.2, 0) is 0 Å². The van der Waals surface area contributed by atoms with Crippen LogP contribution >= 0.6 is 12.2 Å². The molecule has 0 saturated carbocycles. The summed E-state index contributed by atoms with van der Waals surface area (Å²) in [6.07, 6.45) is 0.853. The minimum atomic E-state index is -0.672. The van der Waals surface area contributed by atoms with Crippen LogP contribution < -0.4 is 10.6 Å². The summed E-state index contributed by atoms with van der Waals surface area (Å²) in [4.78, 5) is 0. The molecule has 1 atom stereocenters. The molecule has 0 amide bonds. The molecule has 0 aliphatic heterocycles. The molecule has 122 valence electrons. The quantitative estimate of drug-likeness (QED) is 0.749. The van der Waals surface area contributed by atoms with E-state index in [-0.39, 0.29) is 16.8 Å². The maximum atomic E-state index is 13.7. The van der Waals surface area contributed by atoms with E-state index >= 15 is 0 Å². The Bertz CT molecular complexity index is 639. The molecular formula is C18H20F2N2S. The van der Waals surface area contributed by atoms with Crippen LogP contribution in [0.3, 0.4) is 0 Å². The molecule has 0 unspecified atom stereocenters. The fourth-order valence-corrected chi connectivity index (χ4v) is 2.60. The molecule has 2 aromatic carbocycles. The van der Waals surface area contributed by atoms with Gasteiger partial charge in [0.2, 0.25) is 0 Å². The number of hydrogen-bond acceptors (Lipinski definition) is 1. The van der Waals surface area contributed by atoms with Crippen molar-refractivity contribution >= 4 is 23.0 Å². The first-order valence-corrected chi connectivity index (χ1v) is 7.94. The predicted molar refractivity (Wildman–Crippen MR) is 94.4 cm³/mol. The van der Waals surface area contributed by atoms with Gasteiger partial charge in [0.1, 0.15) is 17.3 Å². The Morgan fingerprint density at radius 1 is 1.00 bits per heavy atom. The zero-order valence-corrected chi connectivity index (χ0v) is 14.0. The number of halogens is 2. The van der Waals surface area contributed by atoms with Crippen LogP contribution in [0.1, 0.15) is 31.9 Å². The molecule has 2 N–H and O–H groups in total. The van der Waals surface area contributed by atoms with Gasteiger partial charge in [0, 0.05) is 0 Å². The minimum absolute atomic E-state index is 0.0222. The first-order valence-electron chi connectivity index (χ1n) is 7.54. The second kappa shape index (κ2) is 8.02. The van der Waals surface area contributed by atoms with Gasteiger partial charge in [0.05, 0.1) is 6.04 Å². The molecule has 0 radical (unpaired) electrons. The Morgan fingerprint density at radius 3 is 2.17 bits per heavy atom. The normalized spacial score (nSPS) is 12.0. The zero-order chi connectivity index (χ0) is 16.8. The van der Waals surface area contributed by atoms with Crippen molar-refractivity contribution in [3.05, 3.63) is 65.7 Å². The second-order valence-corrected chi connectivity index (χ2v) is 6.20. The lowest BCUT2D eigenvalue weighted by Gasteiger charge is -2.23. The van der Waals surface area contributed by atoms with Crippen LogP contribution in [-0.4, -0.2) is 5.11 Å². The van der Waals surface area contributed by atoms with Crippen molar-refractivity contribution in [2.75, 3.05) is 5.32 Å². The number of benzene rings is 2. The third kappa shape index (κ3) is 4.99. The van der Waals surface area contributed by atoms with Crippen molar-refractivity contribution in [1.82, 2.24) is 5.32 Å². The summed E-state index contributed by atoms with van der Waals surface area (Å²) < 4.78 is 27.4. The van der Waals surface area contributed by atoms with Crippen molar-refractivity contribution in [2.45, 2.75) is 26.3 Å². The largest absolute Gasteiger partial charge is 0.356 e. The highest BCUT2D eigenvalue weighted by Gasteiger charge is 2.16. The Labute approximate surface area is 140 Å². The van der Waals surface area contributed by atoms with Crippen molar-refractivity contribution in [3.8, 4) is 0 Å². The Balaban J connectivity index is 2.12. The number of para-hydroxylation sites is 1. The van der Waals surface area contributed by atoms with E-state index in [2.05, 4.69) is 24.5 Å². The Morgan fingerprint density at radius 2 is 1.61 bits per heavy atom. The van der Waals surface area contributed by atoms with E-state index in [9.17, 15) is 8.78 Å². The summed E-state index contributed by atoms with van der Waals surface area (Å²) in [7, 11) is 0. The van der Waals surface area contributed by atoms with Gasteiger partial charge in [-0.15, -0.1) is 0 Å². The summed E-state index contributed by atoms with van der Waals surface area (Å²) in [6, 6.07) is 13.5. The molecule has 23 heavy (non-hydrogen) atoms. The SMILES string of the molecule is CC(C)C[C@H](NC(=S)Nc1c(F)cccc1F)c1ccccc1. The zero-order valence-electron chi connectivity index (χ0n) is 13.1. The lowest BCUT2D eigenvalue weighted by atomic mass is 9.97. The average Bonchev–Trinajstić information content (AvgIpc) is 2.51. The molecule has 0 aliphatic rings. The summed E-state index contributed by atoms with van der Waals surface area (Å²) >= 11 is 5.23. The first kappa shape index (κ1) is 17.3. The fraction of sp³-hybridized carbons (Fsp3) is 0.278. The monoisotopic (exact) mass is 334 g/mol. The van der Waals surface area contributed by atoms with Gasteiger partial charge in [0.25, 0.3) is 0 Å². The molecule has 2 aromatic rings. The number of hydrogen-bond donors (Lipinski definition) is 2. The third-order valence-electron chi connectivity index (χ3n) is 3.42. The van der Waals surface area contributed by atoms with Gasteiger partial charge in [-0.25, -0.2) is 8.78 Å². The molecule has 2 nitrogen and oxygen atoms in total. The summed E-state index contributed by atoms with van der Waals surface area (Å²) in [6.45, 7) is 4.23. The van der Waals surface area contributed by atoms with Crippen LogP contribution in [0.15, 0.2) is 48.5 Å². The van der Waals surface area contributed by atoms with Crippen LogP contribution in [0.2, 0.25) is 0 Å². The molecule has 0 fully saturated rings. The van der Waals surface area contributed by atoms with Gasteiger partial charge < -0.3 is 10.6 Å². The van der Waals surface area contributed by atoms with E-state index in [1.54, 1.807) is 0 Å². The number of thiocarbonyl (C=S) groups is 1. The Hall–Kier alpha value is -2.01. The molecule has 0 aromatic heterocycles. The number of rotatable bonds is 5. The highest BCUT2D eigenvalue weighted by atomic mass is 32.1. The number of nitrogens with one attached hydrogen (secondary N) is 2. The first-order chi connectivity index (χ1) is 11.0. The molecular weight excluding hydrogens is 314 g/mol.